The maximum absolute atomic E-state index is 14.3. The summed E-state index contributed by atoms with van der Waals surface area (Å²) in [5.41, 5.74) is 0.433. The van der Waals surface area contributed by atoms with Crippen LogP contribution in [0, 0.1) is 11.7 Å². The molecule has 0 fully saturated rings. The third-order valence-corrected chi connectivity index (χ3v) is 4.33. The van der Waals surface area contributed by atoms with Crippen LogP contribution in [0.25, 0.3) is 0 Å². The van der Waals surface area contributed by atoms with E-state index in [9.17, 15) is 24.0 Å². The van der Waals surface area contributed by atoms with Gasteiger partial charge in [0, 0.05) is 18.0 Å². The number of carbonyl (C=O) groups is 2. The summed E-state index contributed by atoms with van der Waals surface area (Å²) in [6.45, 7) is 3.77. The number of aromatic nitrogens is 1. The van der Waals surface area contributed by atoms with Crippen molar-refractivity contribution in [1.29, 1.82) is 0 Å². The summed E-state index contributed by atoms with van der Waals surface area (Å²) >= 11 is 0. The topological polar surface area (TPSA) is 112 Å². The minimum atomic E-state index is -1.72. The zero-order valence-electron chi connectivity index (χ0n) is 16.4. The third kappa shape index (κ3) is 6.96. The minimum absolute atomic E-state index is 0.120. The molecule has 0 bridgehead atoms. The quantitative estimate of drug-likeness (QED) is 0.478. The summed E-state index contributed by atoms with van der Waals surface area (Å²) < 4.78 is 14.3. The zero-order chi connectivity index (χ0) is 21.4. The number of hydrogen-bond acceptors (Lipinski definition) is 5. The Kier molecular flexibility index (Phi) is 8.29. The first kappa shape index (κ1) is 22.5. The molecule has 0 aliphatic rings. The van der Waals surface area contributed by atoms with Crippen LogP contribution in [-0.2, 0) is 4.79 Å². The number of benzene rings is 1. The highest BCUT2D eigenvalue weighted by molar-refractivity contribution is 6.43. The summed E-state index contributed by atoms with van der Waals surface area (Å²) in [6, 6.07) is 8.07. The van der Waals surface area contributed by atoms with E-state index in [1.165, 1.54) is 30.6 Å². The average Bonchev–Trinajstić information content (AvgIpc) is 2.67. The normalized spacial score (nSPS) is 12.9. The number of pyridine rings is 1. The van der Waals surface area contributed by atoms with Crippen LogP contribution in [0.5, 0.6) is 0 Å². The maximum Gasteiger partial charge on any atom is 0.475 e. The monoisotopic (exact) mass is 401 g/mol. The SMILES string of the molecule is CC(C)C[C@H](NC(=O)CC(NC(=O)c1cccnc1)c1ccccc1F)B(O)O. The average molecular weight is 401 g/mol. The lowest BCUT2D eigenvalue weighted by atomic mass is 9.75. The summed E-state index contributed by atoms with van der Waals surface area (Å²) in [4.78, 5) is 28.9. The zero-order valence-corrected chi connectivity index (χ0v) is 16.4. The van der Waals surface area contributed by atoms with E-state index in [0.717, 1.165) is 0 Å². The Morgan fingerprint density at radius 1 is 1.14 bits per heavy atom. The number of amides is 2. The second-order valence-electron chi connectivity index (χ2n) is 7.21. The van der Waals surface area contributed by atoms with Crippen LogP contribution in [-0.4, -0.2) is 39.9 Å². The largest absolute Gasteiger partial charge is 0.475 e. The van der Waals surface area contributed by atoms with Crippen LogP contribution in [0.15, 0.2) is 48.8 Å². The van der Waals surface area contributed by atoms with Crippen LogP contribution < -0.4 is 10.6 Å². The van der Waals surface area contributed by atoms with Gasteiger partial charge in [0.2, 0.25) is 5.91 Å². The van der Waals surface area contributed by atoms with Crippen molar-refractivity contribution in [2.45, 2.75) is 38.7 Å². The van der Waals surface area contributed by atoms with Gasteiger partial charge in [0.15, 0.2) is 0 Å². The first-order valence-electron chi connectivity index (χ1n) is 9.38. The molecular weight excluding hydrogens is 376 g/mol. The maximum atomic E-state index is 14.3. The smallest absolute Gasteiger partial charge is 0.426 e. The van der Waals surface area contributed by atoms with Crippen molar-refractivity contribution in [1.82, 2.24) is 15.6 Å². The molecule has 0 radical (unpaired) electrons. The lowest BCUT2D eigenvalue weighted by Gasteiger charge is -2.23. The molecule has 2 amide bonds. The number of carbonyl (C=O) groups excluding carboxylic acids is 2. The van der Waals surface area contributed by atoms with Gasteiger partial charge in [0.1, 0.15) is 5.82 Å². The molecule has 29 heavy (non-hydrogen) atoms. The standard InChI is InChI=1S/C20H25BFN3O4/c1-13(2)10-18(21(28)29)25-19(26)11-17(15-7-3-4-8-16(15)22)24-20(27)14-6-5-9-23-12-14/h3-9,12-13,17-18,28-29H,10-11H2,1-2H3,(H,24,27)(H,25,26)/t17?,18-/m0/s1. The van der Waals surface area contributed by atoms with Gasteiger partial charge in [-0.25, -0.2) is 4.39 Å². The second-order valence-corrected chi connectivity index (χ2v) is 7.21. The molecule has 1 aromatic heterocycles. The fraction of sp³-hybridized carbons (Fsp3) is 0.350. The molecule has 4 N–H and O–H groups in total. The minimum Gasteiger partial charge on any atom is -0.426 e. The summed E-state index contributed by atoms with van der Waals surface area (Å²) in [5, 5.41) is 24.2. The van der Waals surface area contributed by atoms with E-state index in [0.29, 0.717) is 6.42 Å². The van der Waals surface area contributed by atoms with Crippen LogP contribution in [0.4, 0.5) is 4.39 Å². The van der Waals surface area contributed by atoms with E-state index in [-0.39, 0.29) is 23.5 Å². The van der Waals surface area contributed by atoms with Crippen molar-refractivity contribution in [3.05, 3.63) is 65.7 Å². The fourth-order valence-electron chi connectivity index (χ4n) is 2.95. The summed E-state index contributed by atoms with van der Waals surface area (Å²) in [6.07, 6.45) is 2.98. The Morgan fingerprint density at radius 2 is 1.86 bits per heavy atom. The Bertz CT molecular complexity index is 820. The van der Waals surface area contributed by atoms with E-state index < -0.39 is 36.7 Å². The first-order chi connectivity index (χ1) is 13.8. The fourth-order valence-corrected chi connectivity index (χ4v) is 2.95. The molecule has 0 spiro atoms. The van der Waals surface area contributed by atoms with Crippen molar-refractivity contribution in [2.24, 2.45) is 5.92 Å². The molecule has 9 heteroatoms. The van der Waals surface area contributed by atoms with Crippen molar-refractivity contribution >= 4 is 18.9 Å². The number of nitrogens with one attached hydrogen (secondary N) is 2. The highest BCUT2D eigenvalue weighted by atomic mass is 19.1. The van der Waals surface area contributed by atoms with Gasteiger partial charge in [-0.05, 0) is 30.5 Å². The Morgan fingerprint density at radius 3 is 2.45 bits per heavy atom. The number of rotatable bonds is 9. The van der Waals surface area contributed by atoms with Crippen LogP contribution >= 0.6 is 0 Å². The molecule has 1 unspecified atom stereocenters. The van der Waals surface area contributed by atoms with E-state index in [2.05, 4.69) is 15.6 Å². The van der Waals surface area contributed by atoms with E-state index in [4.69, 9.17) is 0 Å². The van der Waals surface area contributed by atoms with Gasteiger partial charge >= 0.3 is 7.12 Å². The van der Waals surface area contributed by atoms with Gasteiger partial charge < -0.3 is 20.7 Å². The second kappa shape index (κ2) is 10.7. The summed E-state index contributed by atoms with van der Waals surface area (Å²) in [5.74, 6) is -2.34. The van der Waals surface area contributed by atoms with E-state index in [1.54, 1.807) is 18.2 Å². The molecule has 0 aliphatic carbocycles. The number of halogens is 1. The molecule has 2 atom stereocenters. The molecule has 7 nitrogen and oxygen atoms in total. The van der Waals surface area contributed by atoms with Gasteiger partial charge in [-0.15, -0.1) is 0 Å². The van der Waals surface area contributed by atoms with Gasteiger partial charge in [-0.2, -0.15) is 0 Å². The molecule has 154 valence electrons. The summed E-state index contributed by atoms with van der Waals surface area (Å²) in [7, 11) is -1.72. The molecule has 0 saturated heterocycles. The van der Waals surface area contributed by atoms with Gasteiger partial charge in [-0.1, -0.05) is 32.0 Å². The van der Waals surface area contributed by atoms with Crippen molar-refractivity contribution in [3.63, 3.8) is 0 Å². The molecule has 1 heterocycles. The Balaban J connectivity index is 2.18. The molecular formula is C20H25BFN3O4. The highest BCUT2D eigenvalue weighted by Gasteiger charge is 2.28. The van der Waals surface area contributed by atoms with Crippen molar-refractivity contribution < 1.29 is 24.0 Å². The van der Waals surface area contributed by atoms with Crippen LogP contribution in [0.1, 0.15) is 48.7 Å². The van der Waals surface area contributed by atoms with Gasteiger partial charge in [-0.3, -0.25) is 14.6 Å². The number of nitrogens with zero attached hydrogens (tertiary/aromatic N) is 1. The first-order valence-corrected chi connectivity index (χ1v) is 9.38. The van der Waals surface area contributed by atoms with E-state index in [1.807, 2.05) is 13.8 Å². The van der Waals surface area contributed by atoms with Crippen molar-refractivity contribution in [3.8, 4) is 0 Å². The molecule has 2 aromatic rings. The Hall–Kier alpha value is -2.78. The Labute approximate surface area is 169 Å². The van der Waals surface area contributed by atoms with Crippen LogP contribution in [0.3, 0.4) is 0 Å². The third-order valence-electron chi connectivity index (χ3n) is 4.33. The predicted molar refractivity (Wildman–Crippen MR) is 107 cm³/mol. The van der Waals surface area contributed by atoms with Gasteiger partial charge in [0.25, 0.3) is 5.91 Å². The van der Waals surface area contributed by atoms with E-state index >= 15 is 0 Å². The van der Waals surface area contributed by atoms with Crippen molar-refractivity contribution in [2.75, 3.05) is 0 Å². The number of hydrogen-bond donors (Lipinski definition) is 4. The molecule has 0 saturated carbocycles. The lowest BCUT2D eigenvalue weighted by Crippen LogP contribution is -2.48. The lowest BCUT2D eigenvalue weighted by molar-refractivity contribution is -0.122. The predicted octanol–water partition coefficient (Wildman–Crippen LogP) is 1.62. The van der Waals surface area contributed by atoms with Crippen LogP contribution in [0.2, 0.25) is 0 Å². The molecule has 0 aliphatic heterocycles. The van der Waals surface area contributed by atoms with Gasteiger partial charge in [0.05, 0.1) is 24.0 Å². The highest BCUT2D eigenvalue weighted by Crippen LogP contribution is 2.21. The molecule has 2 rings (SSSR count). The molecule has 1 aromatic carbocycles.